The van der Waals surface area contributed by atoms with Gasteiger partial charge in [-0.3, -0.25) is 0 Å². The van der Waals surface area contributed by atoms with Gasteiger partial charge in [-0.1, -0.05) is 6.92 Å². The molecule has 0 aliphatic carbocycles. The molecule has 1 N–H and O–H groups in total. The van der Waals surface area contributed by atoms with E-state index in [0.717, 1.165) is 25.3 Å². The molecule has 0 radical (unpaired) electrons. The fraction of sp³-hybridized carbons (Fsp3) is 0.692. The summed E-state index contributed by atoms with van der Waals surface area (Å²) in [5.74, 6) is 1.04. The second-order valence-electron chi connectivity index (χ2n) is 4.35. The fourth-order valence-corrected chi connectivity index (χ4v) is 2.33. The molecule has 2 atom stereocenters. The summed E-state index contributed by atoms with van der Waals surface area (Å²) in [6.07, 6.45) is 6.66. The van der Waals surface area contributed by atoms with Crippen LogP contribution in [0.1, 0.15) is 31.9 Å². The van der Waals surface area contributed by atoms with Crippen LogP contribution < -0.4 is 5.32 Å². The highest BCUT2D eigenvalue weighted by Gasteiger charge is 2.24. The number of rotatable bonds is 5. The molecule has 0 aromatic carbocycles. The monoisotopic (exact) mass is 223 g/mol. The summed E-state index contributed by atoms with van der Waals surface area (Å²) in [6.45, 7) is 4.02. The van der Waals surface area contributed by atoms with Crippen LogP contribution in [0.15, 0.2) is 22.8 Å². The average molecular weight is 223 g/mol. The van der Waals surface area contributed by atoms with Crippen molar-refractivity contribution in [3.8, 4) is 0 Å². The number of ether oxygens (including phenoxy) is 1. The molecule has 3 nitrogen and oxygen atoms in total. The van der Waals surface area contributed by atoms with Crippen molar-refractivity contribution in [1.29, 1.82) is 0 Å². The van der Waals surface area contributed by atoms with Crippen LogP contribution in [0.5, 0.6) is 0 Å². The van der Waals surface area contributed by atoms with Crippen LogP contribution in [-0.4, -0.2) is 25.3 Å². The van der Waals surface area contributed by atoms with E-state index in [1.807, 2.05) is 12.1 Å². The Morgan fingerprint density at radius 1 is 1.50 bits per heavy atom. The number of hydrogen-bond acceptors (Lipinski definition) is 3. The minimum absolute atomic E-state index is 0.346. The molecule has 0 spiro atoms. The van der Waals surface area contributed by atoms with E-state index in [9.17, 15) is 0 Å². The van der Waals surface area contributed by atoms with Crippen LogP contribution in [-0.2, 0) is 11.2 Å². The first kappa shape index (κ1) is 11.7. The lowest BCUT2D eigenvalue weighted by molar-refractivity contribution is -0.00802. The van der Waals surface area contributed by atoms with Gasteiger partial charge >= 0.3 is 0 Å². The van der Waals surface area contributed by atoms with Gasteiger partial charge in [-0.15, -0.1) is 0 Å². The van der Waals surface area contributed by atoms with Crippen molar-refractivity contribution in [1.82, 2.24) is 5.32 Å². The van der Waals surface area contributed by atoms with Gasteiger partial charge < -0.3 is 14.5 Å². The molecule has 16 heavy (non-hydrogen) atoms. The zero-order valence-corrected chi connectivity index (χ0v) is 9.95. The van der Waals surface area contributed by atoms with Crippen molar-refractivity contribution in [2.24, 2.45) is 0 Å². The SMILES string of the molecule is CCNC(Cc1ccco1)C1CCCCO1. The highest BCUT2D eigenvalue weighted by atomic mass is 16.5. The van der Waals surface area contributed by atoms with Crippen LogP contribution in [0.2, 0.25) is 0 Å². The summed E-state index contributed by atoms with van der Waals surface area (Å²) in [5.41, 5.74) is 0. The molecule has 0 amide bonds. The summed E-state index contributed by atoms with van der Waals surface area (Å²) in [7, 11) is 0. The van der Waals surface area contributed by atoms with Crippen molar-refractivity contribution in [2.45, 2.75) is 44.8 Å². The zero-order valence-electron chi connectivity index (χ0n) is 9.95. The molecule has 1 saturated heterocycles. The standard InChI is InChI=1S/C13H21NO2/c1-2-14-12(10-11-6-5-9-15-11)13-7-3-4-8-16-13/h5-6,9,12-14H,2-4,7-8,10H2,1H3. The molecular weight excluding hydrogens is 202 g/mol. The Morgan fingerprint density at radius 2 is 2.44 bits per heavy atom. The maximum Gasteiger partial charge on any atom is 0.105 e. The number of hydrogen-bond donors (Lipinski definition) is 1. The van der Waals surface area contributed by atoms with Gasteiger partial charge in [0, 0.05) is 19.1 Å². The minimum Gasteiger partial charge on any atom is -0.469 e. The molecule has 0 saturated carbocycles. The minimum atomic E-state index is 0.346. The topological polar surface area (TPSA) is 34.4 Å². The molecule has 2 heterocycles. The third-order valence-electron chi connectivity index (χ3n) is 3.13. The molecule has 0 bridgehead atoms. The smallest absolute Gasteiger partial charge is 0.105 e. The fourth-order valence-electron chi connectivity index (χ4n) is 2.33. The van der Waals surface area contributed by atoms with E-state index in [0.29, 0.717) is 12.1 Å². The number of nitrogens with one attached hydrogen (secondary N) is 1. The summed E-state index contributed by atoms with van der Waals surface area (Å²) in [5, 5.41) is 3.51. The number of likely N-dealkylation sites (N-methyl/N-ethyl adjacent to an activating group) is 1. The van der Waals surface area contributed by atoms with Gasteiger partial charge in [0.1, 0.15) is 5.76 Å². The molecule has 1 aromatic rings. The Labute approximate surface area is 97.2 Å². The van der Waals surface area contributed by atoms with Crippen LogP contribution in [0.3, 0.4) is 0 Å². The summed E-state index contributed by atoms with van der Waals surface area (Å²) >= 11 is 0. The summed E-state index contributed by atoms with van der Waals surface area (Å²) < 4.78 is 11.2. The van der Waals surface area contributed by atoms with Crippen molar-refractivity contribution in [3.63, 3.8) is 0 Å². The maximum absolute atomic E-state index is 5.84. The van der Waals surface area contributed by atoms with E-state index in [1.54, 1.807) is 6.26 Å². The molecule has 3 heteroatoms. The van der Waals surface area contributed by atoms with Crippen molar-refractivity contribution in [3.05, 3.63) is 24.2 Å². The molecule has 1 aliphatic rings. The Kier molecular flexibility index (Phi) is 4.43. The molecule has 2 rings (SSSR count). The van der Waals surface area contributed by atoms with Gasteiger partial charge in [0.15, 0.2) is 0 Å². The van der Waals surface area contributed by atoms with Crippen molar-refractivity contribution < 1.29 is 9.15 Å². The zero-order chi connectivity index (χ0) is 11.2. The maximum atomic E-state index is 5.84. The van der Waals surface area contributed by atoms with E-state index in [2.05, 4.69) is 12.2 Å². The highest BCUT2D eigenvalue weighted by Crippen LogP contribution is 2.18. The van der Waals surface area contributed by atoms with Crippen LogP contribution in [0.4, 0.5) is 0 Å². The molecule has 2 unspecified atom stereocenters. The lowest BCUT2D eigenvalue weighted by Crippen LogP contribution is -2.44. The first-order chi connectivity index (χ1) is 7.90. The van der Waals surface area contributed by atoms with Gasteiger partial charge in [-0.05, 0) is 37.9 Å². The van der Waals surface area contributed by atoms with Gasteiger partial charge in [0.05, 0.1) is 12.4 Å². The second kappa shape index (κ2) is 6.06. The third kappa shape index (κ3) is 3.09. The van der Waals surface area contributed by atoms with E-state index in [-0.39, 0.29) is 0 Å². The Balaban J connectivity index is 1.92. The molecule has 1 fully saturated rings. The predicted octanol–water partition coefficient (Wildman–Crippen LogP) is 2.37. The molecular formula is C13H21NO2. The Hall–Kier alpha value is -0.800. The van der Waals surface area contributed by atoms with Gasteiger partial charge in [0.25, 0.3) is 0 Å². The van der Waals surface area contributed by atoms with E-state index >= 15 is 0 Å². The predicted molar refractivity (Wildman–Crippen MR) is 63.5 cm³/mol. The highest BCUT2D eigenvalue weighted by molar-refractivity contribution is 5.02. The quantitative estimate of drug-likeness (QED) is 0.832. The number of furan rings is 1. The van der Waals surface area contributed by atoms with Gasteiger partial charge in [0.2, 0.25) is 0 Å². The average Bonchev–Trinajstić information content (AvgIpc) is 2.83. The van der Waals surface area contributed by atoms with Crippen LogP contribution >= 0.6 is 0 Å². The molecule has 90 valence electrons. The van der Waals surface area contributed by atoms with Crippen molar-refractivity contribution in [2.75, 3.05) is 13.2 Å². The van der Waals surface area contributed by atoms with E-state index < -0.39 is 0 Å². The normalized spacial score (nSPS) is 23.2. The summed E-state index contributed by atoms with van der Waals surface area (Å²) in [6, 6.07) is 4.36. The summed E-state index contributed by atoms with van der Waals surface area (Å²) in [4.78, 5) is 0. The largest absolute Gasteiger partial charge is 0.469 e. The van der Waals surface area contributed by atoms with Crippen molar-refractivity contribution >= 4 is 0 Å². The second-order valence-corrected chi connectivity index (χ2v) is 4.35. The van der Waals surface area contributed by atoms with Crippen LogP contribution in [0.25, 0.3) is 0 Å². The lowest BCUT2D eigenvalue weighted by atomic mass is 9.98. The lowest BCUT2D eigenvalue weighted by Gasteiger charge is -2.30. The van der Waals surface area contributed by atoms with Gasteiger partial charge in [-0.25, -0.2) is 0 Å². The Bertz CT molecular complexity index is 278. The van der Waals surface area contributed by atoms with Gasteiger partial charge in [-0.2, -0.15) is 0 Å². The molecule has 1 aliphatic heterocycles. The third-order valence-corrected chi connectivity index (χ3v) is 3.13. The molecule has 1 aromatic heterocycles. The first-order valence-corrected chi connectivity index (χ1v) is 6.27. The van der Waals surface area contributed by atoms with Crippen LogP contribution in [0, 0.1) is 0 Å². The van der Waals surface area contributed by atoms with E-state index in [4.69, 9.17) is 9.15 Å². The Morgan fingerprint density at radius 3 is 3.06 bits per heavy atom. The van der Waals surface area contributed by atoms with E-state index in [1.165, 1.54) is 19.3 Å². The first-order valence-electron chi connectivity index (χ1n) is 6.27.